The topological polar surface area (TPSA) is 60.3 Å². The SMILES string of the molecule is Cc1sc(=O)n(CCC(=O)NCc2cccc(COCc3ccccc3)c2)c1C. The zero-order chi connectivity index (χ0) is 20.6. The molecule has 0 aliphatic heterocycles. The maximum Gasteiger partial charge on any atom is 0.307 e. The third-order valence-corrected chi connectivity index (χ3v) is 5.80. The number of ether oxygens (including phenoxy) is 1. The zero-order valence-corrected chi connectivity index (χ0v) is 17.6. The van der Waals surface area contributed by atoms with Crippen molar-refractivity contribution >= 4 is 17.2 Å². The Balaban J connectivity index is 1.44. The van der Waals surface area contributed by atoms with Gasteiger partial charge in [-0.25, -0.2) is 0 Å². The molecule has 29 heavy (non-hydrogen) atoms. The fourth-order valence-electron chi connectivity index (χ4n) is 3.04. The van der Waals surface area contributed by atoms with E-state index >= 15 is 0 Å². The molecular formula is C23H26N2O3S. The summed E-state index contributed by atoms with van der Waals surface area (Å²) in [5, 5.41) is 2.93. The lowest BCUT2D eigenvalue weighted by molar-refractivity contribution is -0.121. The molecule has 0 fully saturated rings. The molecule has 0 saturated heterocycles. The summed E-state index contributed by atoms with van der Waals surface area (Å²) in [5.41, 5.74) is 4.18. The van der Waals surface area contributed by atoms with Crippen molar-refractivity contribution in [2.45, 2.75) is 46.6 Å². The highest BCUT2D eigenvalue weighted by Gasteiger charge is 2.09. The first kappa shape index (κ1) is 21.0. The number of aromatic nitrogens is 1. The fourth-order valence-corrected chi connectivity index (χ4v) is 3.90. The van der Waals surface area contributed by atoms with Crippen molar-refractivity contribution in [1.82, 2.24) is 9.88 Å². The molecule has 0 spiro atoms. The molecule has 3 aromatic rings. The van der Waals surface area contributed by atoms with E-state index in [9.17, 15) is 9.59 Å². The summed E-state index contributed by atoms with van der Waals surface area (Å²) in [6.45, 7) is 5.81. The lowest BCUT2D eigenvalue weighted by Crippen LogP contribution is -2.26. The first-order valence-electron chi connectivity index (χ1n) is 9.66. The number of aryl methyl sites for hydroxylation is 1. The number of hydrogen-bond donors (Lipinski definition) is 1. The summed E-state index contributed by atoms with van der Waals surface area (Å²) >= 11 is 1.23. The van der Waals surface area contributed by atoms with Crippen LogP contribution < -0.4 is 10.2 Å². The van der Waals surface area contributed by atoms with Gasteiger partial charge in [-0.05, 0) is 30.5 Å². The number of benzene rings is 2. The van der Waals surface area contributed by atoms with Crippen molar-refractivity contribution in [3.05, 3.63) is 91.5 Å². The highest BCUT2D eigenvalue weighted by molar-refractivity contribution is 7.09. The minimum Gasteiger partial charge on any atom is -0.372 e. The van der Waals surface area contributed by atoms with Gasteiger partial charge in [0.25, 0.3) is 0 Å². The second-order valence-corrected chi connectivity index (χ2v) is 8.15. The molecule has 1 heterocycles. The molecule has 0 saturated carbocycles. The van der Waals surface area contributed by atoms with Gasteiger partial charge in [0.15, 0.2) is 0 Å². The van der Waals surface area contributed by atoms with E-state index in [4.69, 9.17) is 4.74 Å². The standard InChI is InChI=1S/C23H26N2O3S/c1-17-18(2)29-23(27)25(17)12-11-22(26)24-14-20-9-6-10-21(13-20)16-28-15-19-7-4-3-5-8-19/h3-10,13H,11-12,14-16H2,1-2H3,(H,24,26). The first-order chi connectivity index (χ1) is 14.0. The van der Waals surface area contributed by atoms with Gasteiger partial charge in [-0.2, -0.15) is 0 Å². The van der Waals surface area contributed by atoms with Crippen LogP contribution in [0, 0.1) is 13.8 Å². The molecule has 5 nitrogen and oxygen atoms in total. The van der Waals surface area contributed by atoms with Gasteiger partial charge in [-0.1, -0.05) is 65.9 Å². The van der Waals surface area contributed by atoms with Crippen molar-refractivity contribution < 1.29 is 9.53 Å². The predicted molar refractivity (Wildman–Crippen MR) is 116 cm³/mol. The quantitative estimate of drug-likeness (QED) is 0.581. The normalized spacial score (nSPS) is 10.8. The van der Waals surface area contributed by atoms with Crippen LogP contribution in [-0.4, -0.2) is 10.5 Å². The Morgan fingerprint density at radius 2 is 1.69 bits per heavy atom. The number of hydrogen-bond acceptors (Lipinski definition) is 4. The summed E-state index contributed by atoms with van der Waals surface area (Å²) in [7, 11) is 0. The van der Waals surface area contributed by atoms with Gasteiger partial charge in [0.1, 0.15) is 0 Å². The third-order valence-electron chi connectivity index (χ3n) is 4.80. The molecule has 0 aliphatic rings. The van der Waals surface area contributed by atoms with Gasteiger partial charge in [0.2, 0.25) is 5.91 Å². The largest absolute Gasteiger partial charge is 0.372 e. The number of amides is 1. The van der Waals surface area contributed by atoms with E-state index in [0.717, 1.165) is 27.3 Å². The molecule has 0 atom stereocenters. The Bertz CT molecular complexity index is 1010. The first-order valence-corrected chi connectivity index (χ1v) is 10.5. The Labute approximate surface area is 175 Å². The summed E-state index contributed by atoms with van der Waals surface area (Å²) in [6, 6.07) is 18.1. The molecule has 6 heteroatoms. The lowest BCUT2D eigenvalue weighted by Gasteiger charge is -2.09. The molecule has 1 amide bonds. The van der Waals surface area contributed by atoms with Crippen molar-refractivity contribution in [3.8, 4) is 0 Å². The summed E-state index contributed by atoms with van der Waals surface area (Å²) in [6.07, 6.45) is 0.288. The van der Waals surface area contributed by atoms with E-state index < -0.39 is 0 Å². The molecule has 1 aromatic heterocycles. The van der Waals surface area contributed by atoms with Crippen LogP contribution in [0.4, 0.5) is 0 Å². The molecule has 0 aliphatic carbocycles. The summed E-state index contributed by atoms with van der Waals surface area (Å²) < 4.78 is 7.45. The highest BCUT2D eigenvalue weighted by atomic mass is 32.1. The number of nitrogens with one attached hydrogen (secondary N) is 1. The molecule has 0 radical (unpaired) electrons. The van der Waals surface area contributed by atoms with E-state index in [1.807, 2.05) is 68.4 Å². The Kier molecular flexibility index (Phi) is 7.38. The van der Waals surface area contributed by atoms with Crippen LogP contribution in [0.3, 0.4) is 0 Å². The Morgan fingerprint density at radius 1 is 1.00 bits per heavy atom. The average Bonchev–Trinajstić information content (AvgIpc) is 2.97. The molecule has 0 unspecified atom stereocenters. The van der Waals surface area contributed by atoms with Crippen molar-refractivity contribution in [3.63, 3.8) is 0 Å². The van der Waals surface area contributed by atoms with Crippen LogP contribution >= 0.6 is 11.3 Å². The van der Waals surface area contributed by atoms with E-state index in [0.29, 0.717) is 26.3 Å². The minimum absolute atomic E-state index is 0.00370. The second kappa shape index (κ2) is 10.2. The van der Waals surface area contributed by atoms with Gasteiger partial charge < -0.3 is 14.6 Å². The van der Waals surface area contributed by atoms with Gasteiger partial charge >= 0.3 is 4.87 Å². The monoisotopic (exact) mass is 410 g/mol. The number of carbonyl (C=O) groups excluding carboxylic acids is 1. The van der Waals surface area contributed by atoms with E-state index in [1.54, 1.807) is 4.57 Å². The van der Waals surface area contributed by atoms with E-state index in [-0.39, 0.29) is 17.2 Å². The molecular weight excluding hydrogens is 384 g/mol. The van der Waals surface area contributed by atoms with Crippen molar-refractivity contribution in [2.75, 3.05) is 0 Å². The number of rotatable bonds is 9. The van der Waals surface area contributed by atoms with Crippen LogP contribution in [-0.2, 0) is 35.8 Å². The van der Waals surface area contributed by atoms with Crippen LogP contribution in [0.5, 0.6) is 0 Å². The predicted octanol–water partition coefficient (Wildman–Crippen LogP) is 3.95. The number of nitrogens with zero attached hydrogens (tertiary/aromatic N) is 1. The Hall–Kier alpha value is -2.70. The summed E-state index contributed by atoms with van der Waals surface area (Å²) in [5.74, 6) is -0.0640. The lowest BCUT2D eigenvalue weighted by atomic mass is 10.1. The Morgan fingerprint density at radius 3 is 2.41 bits per heavy atom. The van der Waals surface area contributed by atoms with Gasteiger partial charge in [0.05, 0.1) is 13.2 Å². The minimum atomic E-state index is -0.0640. The van der Waals surface area contributed by atoms with Gasteiger partial charge in [-0.15, -0.1) is 0 Å². The molecule has 2 aromatic carbocycles. The van der Waals surface area contributed by atoms with Crippen molar-refractivity contribution in [1.29, 1.82) is 0 Å². The highest BCUT2D eigenvalue weighted by Crippen LogP contribution is 2.11. The molecule has 3 rings (SSSR count). The van der Waals surface area contributed by atoms with Crippen LogP contribution in [0.15, 0.2) is 59.4 Å². The molecule has 0 bridgehead atoms. The van der Waals surface area contributed by atoms with Crippen LogP contribution in [0.25, 0.3) is 0 Å². The van der Waals surface area contributed by atoms with Gasteiger partial charge in [-0.3, -0.25) is 9.59 Å². The van der Waals surface area contributed by atoms with Crippen LogP contribution in [0.2, 0.25) is 0 Å². The maximum absolute atomic E-state index is 12.2. The van der Waals surface area contributed by atoms with Crippen molar-refractivity contribution in [2.24, 2.45) is 0 Å². The average molecular weight is 411 g/mol. The maximum atomic E-state index is 12.2. The third kappa shape index (κ3) is 6.14. The van der Waals surface area contributed by atoms with E-state index in [2.05, 4.69) is 5.32 Å². The second-order valence-electron chi connectivity index (χ2n) is 6.99. The van der Waals surface area contributed by atoms with E-state index in [1.165, 1.54) is 11.3 Å². The molecule has 1 N–H and O–H groups in total. The number of thiazole rings is 1. The number of carbonyl (C=O) groups is 1. The van der Waals surface area contributed by atoms with Crippen LogP contribution in [0.1, 0.15) is 33.7 Å². The summed E-state index contributed by atoms with van der Waals surface area (Å²) in [4.78, 5) is 25.1. The zero-order valence-electron chi connectivity index (χ0n) is 16.8. The smallest absolute Gasteiger partial charge is 0.307 e. The fraction of sp³-hybridized carbons (Fsp3) is 0.304. The molecule has 152 valence electrons. The van der Waals surface area contributed by atoms with Gasteiger partial charge in [0, 0.05) is 30.1 Å².